The Morgan fingerprint density at radius 3 is 2.72 bits per heavy atom. The van der Waals surface area contributed by atoms with Gasteiger partial charge >= 0.3 is 0 Å². The Labute approximate surface area is 180 Å². The lowest BCUT2D eigenvalue weighted by Crippen LogP contribution is -2.04. The number of pyridine rings is 1. The summed E-state index contributed by atoms with van der Waals surface area (Å²) in [6.07, 6.45) is 7.36. The number of unbranched alkanes of at least 4 members (excludes halogenated alkanes) is 1. The summed E-state index contributed by atoms with van der Waals surface area (Å²) in [5.41, 5.74) is 9.90. The fraction of sp³-hybridized carbons (Fsp3) is 0.350. The Morgan fingerprint density at radius 1 is 1.31 bits per heavy atom. The maximum atomic E-state index is 13.4. The fourth-order valence-corrected chi connectivity index (χ4v) is 7.58. The van der Waals surface area contributed by atoms with Crippen molar-refractivity contribution in [2.24, 2.45) is 7.05 Å². The smallest absolute Gasteiger partial charge is 0.141 e. The average Bonchev–Trinajstić information content (AvgIpc) is 3.41. The van der Waals surface area contributed by atoms with Crippen molar-refractivity contribution in [3.05, 3.63) is 29.7 Å². The number of rotatable bonds is 6. The van der Waals surface area contributed by atoms with E-state index in [1.807, 2.05) is 42.4 Å². The number of nitrogen functional groups attached to an aromatic ring is 1. The van der Waals surface area contributed by atoms with Gasteiger partial charge < -0.3 is 14.9 Å². The van der Waals surface area contributed by atoms with E-state index in [0.29, 0.717) is 11.4 Å². The predicted molar refractivity (Wildman–Crippen MR) is 124 cm³/mol. The van der Waals surface area contributed by atoms with Crippen LogP contribution in [0.2, 0.25) is 0 Å². The van der Waals surface area contributed by atoms with Crippen LogP contribution in [0, 0.1) is 6.92 Å². The van der Waals surface area contributed by atoms with E-state index in [2.05, 4.69) is 16.9 Å². The Hall–Kier alpha value is -1.94. The highest BCUT2D eigenvalue weighted by Gasteiger charge is 2.23. The van der Waals surface area contributed by atoms with Crippen molar-refractivity contribution in [1.82, 2.24) is 19.5 Å². The Kier molecular flexibility index (Phi) is 5.41. The molecular weight excluding hydrogens is 422 g/mol. The standard InChI is InChI=1S/C20H25N5OS3/c1-5-6-9-29(4,26)20-17(21)16-13(15-11-23-12(2)25(15)3)10-14(24-19(16)28-20)18-22-7-8-27-18/h7-8,10-11,26H,5-6,9,21H2,1-4H3/p-1. The Balaban J connectivity index is 2.00. The lowest BCUT2D eigenvalue weighted by atomic mass is 10.1. The van der Waals surface area contributed by atoms with Crippen LogP contribution in [0.4, 0.5) is 5.69 Å². The normalized spacial score (nSPS) is 14.9. The monoisotopic (exact) mass is 446 g/mol. The minimum Gasteiger partial charge on any atom is -0.808 e. The SMILES string of the molecule is CCCCS(C)([O-])c1sc2nc(-c3nccs3)cc(-c3cnc(C)n3C)c2c1N. The van der Waals surface area contributed by atoms with Crippen molar-refractivity contribution in [1.29, 1.82) is 0 Å². The average molecular weight is 447 g/mol. The first-order valence-electron chi connectivity index (χ1n) is 9.42. The van der Waals surface area contributed by atoms with E-state index in [1.54, 1.807) is 17.5 Å². The molecule has 0 saturated carbocycles. The molecule has 0 amide bonds. The molecule has 154 valence electrons. The molecule has 4 aromatic rings. The number of nitrogens with two attached hydrogens (primary N) is 1. The lowest BCUT2D eigenvalue weighted by Gasteiger charge is -2.42. The number of imidazole rings is 1. The number of anilines is 1. The van der Waals surface area contributed by atoms with Crippen LogP contribution in [-0.4, -0.2) is 36.1 Å². The molecule has 0 saturated heterocycles. The molecule has 2 N–H and O–H groups in total. The van der Waals surface area contributed by atoms with E-state index in [4.69, 9.17) is 10.7 Å². The molecule has 6 nitrogen and oxygen atoms in total. The van der Waals surface area contributed by atoms with E-state index in [9.17, 15) is 4.55 Å². The third-order valence-electron chi connectivity index (χ3n) is 5.09. The Bertz CT molecular complexity index is 1160. The summed E-state index contributed by atoms with van der Waals surface area (Å²) in [7, 11) is -0.231. The van der Waals surface area contributed by atoms with Gasteiger partial charge in [-0.05, 0) is 31.4 Å². The second-order valence-corrected chi connectivity index (χ2v) is 12.2. The highest BCUT2D eigenvalue weighted by atomic mass is 32.3. The third-order valence-corrected chi connectivity index (χ3v) is 10.2. The zero-order valence-corrected chi connectivity index (χ0v) is 19.4. The van der Waals surface area contributed by atoms with Gasteiger partial charge in [0.25, 0.3) is 0 Å². The van der Waals surface area contributed by atoms with Crippen LogP contribution >= 0.6 is 33.0 Å². The van der Waals surface area contributed by atoms with Gasteiger partial charge in [0.05, 0.1) is 21.8 Å². The van der Waals surface area contributed by atoms with E-state index in [0.717, 1.165) is 55.1 Å². The van der Waals surface area contributed by atoms with Crippen molar-refractivity contribution in [2.75, 3.05) is 17.7 Å². The van der Waals surface area contributed by atoms with Crippen LogP contribution in [-0.2, 0) is 7.05 Å². The topological polar surface area (TPSA) is 92.7 Å². The van der Waals surface area contributed by atoms with Crippen LogP contribution in [0.5, 0.6) is 0 Å². The predicted octanol–water partition coefficient (Wildman–Crippen LogP) is 5.43. The molecular formula is C20H24N5OS3-. The lowest BCUT2D eigenvalue weighted by molar-refractivity contribution is 0.586. The second-order valence-electron chi connectivity index (χ2n) is 7.19. The molecule has 0 bridgehead atoms. The second kappa shape index (κ2) is 7.71. The molecule has 0 fully saturated rings. The molecule has 29 heavy (non-hydrogen) atoms. The van der Waals surface area contributed by atoms with Gasteiger partial charge in [0.2, 0.25) is 0 Å². The molecule has 0 aliphatic heterocycles. The molecule has 1 atom stereocenters. The van der Waals surface area contributed by atoms with E-state index in [1.165, 1.54) is 11.3 Å². The molecule has 4 aromatic heterocycles. The quantitative estimate of drug-likeness (QED) is 0.426. The maximum Gasteiger partial charge on any atom is 0.141 e. The summed E-state index contributed by atoms with van der Waals surface area (Å²) in [6.45, 7) is 4.07. The van der Waals surface area contributed by atoms with Gasteiger partial charge in [-0.15, -0.1) is 22.7 Å². The molecule has 0 radical (unpaired) electrons. The minimum atomic E-state index is -2.22. The molecule has 4 rings (SSSR count). The van der Waals surface area contributed by atoms with E-state index < -0.39 is 10.3 Å². The van der Waals surface area contributed by atoms with Gasteiger partial charge in [-0.1, -0.05) is 13.3 Å². The third kappa shape index (κ3) is 3.56. The molecule has 0 aliphatic rings. The summed E-state index contributed by atoms with van der Waals surface area (Å²) >= 11 is 3.00. The minimum absolute atomic E-state index is 0.584. The molecule has 4 heterocycles. The van der Waals surface area contributed by atoms with Gasteiger partial charge in [-0.3, -0.25) is 10.3 Å². The van der Waals surface area contributed by atoms with Crippen molar-refractivity contribution in [2.45, 2.75) is 30.9 Å². The zero-order valence-electron chi connectivity index (χ0n) is 16.9. The van der Waals surface area contributed by atoms with Gasteiger partial charge in [0, 0.05) is 29.6 Å². The number of thiophene rings is 1. The number of aryl methyl sites for hydroxylation is 1. The fourth-order valence-electron chi connectivity index (χ4n) is 3.35. The molecule has 9 heteroatoms. The summed E-state index contributed by atoms with van der Waals surface area (Å²) in [5.74, 6) is 1.55. The molecule has 0 aliphatic carbocycles. The number of thiazole rings is 1. The summed E-state index contributed by atoms with van der Waals surface area (Å²) < 4.78 is 16.2. The molecule has 1 unspecified atom stereocenters. The van der Waals surface area contributed by atoms with Crippen molar-refractivity contribution >= 4 is 48.9 Å². The van der Waals surface area contributed by atoms with Crippen LogP contribution in [0.15, 0.2) is 28.0 Å². The summed E-state index contributed by atoms with van der Waals surface area (Å²) in [5, 5.41) is 3.65. The van der Waals surface area contributed by atoms with Crippen LogP contribution in [0.1, 0.15) is 25.6 Å². The summed E-state index contributed by atoms with van der Waals surface area (Å²) in [4.78, 5) is 14.5. The number of nitrogens with zero attached hydrogens (tertiary/aromatic N) is 4. The van der Waals surface area contributed by atoms with Crippen molar-refractivity contribution < 1.29 is 4.55 Å². The van der Waals surface area contributed by atoms with Crippen molar-refractivity contribution in [3.63, 3.8) is 0 Å². The first-order chi connectivity index (χ1) is 13.8. The first-order valence-corrected chi connectivity index (χ1v) is 13.2. The number of hydrogen-bond acceptors (Lipinski definition) is 7. The number of hydrogen-bond donors (Lipinski definition) is 1. The maximum absolute atomic E-state index is 13.4. The van der Waals surface area contributed by atoms with Gasteiger partial charge in [0.15, 0.2) is 0 Å². The number of aromatic nitrogens is 4. The molecule has 0 spiro atoms. The zero-order chi connectivity index (χ0) is 20.8. The Morgan fingerprint density at radius 2 is 2.10 bits per heavy atom. The molecule has 0 aromatic carbocycles. The highest BCUT2D eigenvalue weighted by molar-refractivity contribution is 8.29. The van der Waals surface area contributed by atoms with Gasteiger partial charge in [-0.25, -0.2) is 15.0 Å². The van der Waals surface area contributed by atoms with Crippen LogP contribution < -0.4 is 5.73 Å². The van der Waals surface area contributed by atoms with E-state index in [-0.39, 0.29) is 0 Å². The van der Waals surface area contributed by atoms with Gasteiger partial charge in [0.1, 0.15) is 21.4 Å². The van der Waals surface area contributed by atoms with Crippen LogP contribution in [0.3, 0.4) is 0 Å². The summed E-state index contributed by atoms with van der Waals surface area (Å²) in [6, 6.07) is 2.02. The number of fused-ring (bicyclic) bond motifs is 1. The highest BCUT2D eigenvalue weighted by Crippen LogP contribution is 2.58. The van der Waals surface area contributed by atoms with E-state index >= 15 is 0 Å². The van der Waals surface area contributed by atoms with Crippen molar-refractivity contribution in [3.8, 4) is 22.0 Å². The largest absolute Gasteiger partial charge is 0.808 e. The first kappa shape index (κ1) is 20.3. The van der Waals surface area contributed by atoms with Crippen LogP contribution in [0.25, 0.3) is 32.2 Å². The van der Waals surface area contributed by atoms with Gasteiger partial charge in [-0.2, -0.15) is 0 Å².